The van der Waals surface area contributed by atoms with E-state index in [2.05, 4.69) is 0 Å². The summed E-state index contributed by atoms with van der Waals surface area (Å²) in [6.45, 7) is 1.94. The number of rotatable bonds is 4. The summed E-state index contributed by atoms with van der Waals surface area (Å²) in [6, 6.07) is 4.28. The smallest absolute Gasteiger partial charge is 0.275 e. The Kier molecular flexibility index (Phi) is 3.43. The van der Waals surface area contributed by atoms with Crippen molar-refractivity contribution in [2.75, 3.05) is 25.6 Å². The summed E-state index contributed by atoms with van der Waals surface area (Å²) >= 11 is 0. The van der Waals surface area contributed by atoms with E-state index in [9.17, 15) is 10.1 Å². The van der Waals surface area contributed by atoms with E-state index in [0.717, 1.165) is 13.0 Å². The molecule has 0 amide bonds. The molecule has 6 heteroatoms. The zero-order valence-corrected chi connectivity index (χ0v) is 9.30. The van der Waals surface area contributed by atoms with Crippen LogP contribution in [0.1, 0.15) is 6.42 Å². The van der Waals surface area contributed by atoms with Crippen molar-refractivity contribution in [1.82, 2.24) is 0 Å². The Morgan fingerprint density at radius 1 is 1.53 bits per heavy atom. The molecule has 1 fully saturated rings. The number of non-ortho nitro benzene ring substituents is 1. The van der Waals surface area contributed by atoms with Gasteiger partial charge in [0, 0.05) is 30.3 Å². The van der Waals surface area contributed by atoms with Gasteiger partial charge < -0.3 is 15.2 Å². The summed E-state index contributed by atoms with van der Waals surface area (Å²) in [5, 5.41) is 10.6. The van der Waals surface area contributed by atoms with Gasteiger partial charge >= 0.3 is 0 Å². The molecular weight excluding hydrogens is 224 g/mol. The third-order valence-electron chi connectivity index (χ3n) is 2.63. The molecule has 2 N–H and O–H groups in total. The molecule has 1 unspecified atom stereocenters. The Morgan fingerprint density at radius 3 is 3.00 bits per heavy atom. The zero-order valence-electron chi connectivity index (χ0n) is 9.30. The van der Waals surface area contributed by atoms with Crippen LogP contribution in [0.3, 0.4) is 0 Å². The van der Waals surface area contributed by atoms with Crippen LogP contribution in [0.5, 0.6) is 5.75 Å². The van der Waals surface area contributed by atoms with Crippen LogP contribution in [0, 0.1) is 16.0 Å². The quantitative estimate of drug-likeness (QED) is 0.489. The Hall–Kier alpha value is -1.82. The fourth-order valence-electron chi connectivity index (χ4n) is 1.72. The maximum absolute atomic E-state index is 10.6. The molecule has 2 rings (SSSR count). The van der Waals surface area contributed by atoms with Gasteiger partial charge in [-0.25, -0.2) is 0 Å². The second-order valence-corrected chi connectivity index (χ2v) is 4.06. The van der Waals surface area contributed by atoms with Gasteiger partial charge in [0.05, 0.1) is 24.2 Å². The Balaban J connectivity index is 2.01. The van der Waals surface area contributed by atoms with Gasteiger partial charge in [-0.15, -0.1) is 0 Å². The van der Waals surface area contributed by atoms with Crippen LogP contribution in [0.4, 0.5) is 11.4 Å². The highest BCUT2D eigenvalue weighted by Crippen LogP contribution is 2.25. The predicted molar refractivity (Wildman–Crippen MR) is 61.9 cm³/mol. The largest absolute Gasteiger partial charge is 0.493 e. The summed E-state index contributed by atoms with van der Waals surface area (Å²) in [5.74, 6) is 0.791. The predicted octanol–water partition coefficient (Wildman–Crippen LogP) is 1.59. The van der Waals surface area contributed by atoms with Crippen molar-refractivity contribution in [3.05, 3.63) is 28.3 Å². The third kappa shape index (κ3) is 3.07. The number of nitrogens with zero attached hydrogens (tertiary/aromatic N) is 1. The molecule has 17 heavy (non-hydrogen) atoms. The number of ether oxygens (including phenoxy) is 2. The average molecular weight is 238 g/mol. The molecule has 0 bridgehead atoms. The van der Waals surface area contributed by atoms with Crippen molar-refractivity contribution in [1.29, 1.82) is 0 Å². The second kappa shape index (κ2) is 5.01. The van der Waals surface area contributed by atoms with Crippen molar-refractivity contribution in [3.8, 4) is 5.75 Å². The molecule has 0 aromatic heterocycles. The monoisotopic (exact) mass is 238 g/mol. The van der Waals surface area contributed by atoms with E-state index in [4.69, 9.17) is 15.2 Å². The van der Waals surface area contributed by atoms with Crippen molar-refractivity contribution >= 4 is 11.4 Å². The highest BCUT2D eigenvalue weighted by molar-refractivity contribution is 5.53. The molecule has 92 valence electrons. The number of nitrogen functional groups attached to an aromatic ring is 1. The highest BCUT2D eigenvalue weighted by atomic mass is 16.6. The average Bonchev–Trinajstić information content (AvgIpc) is 2.78. The standard InChI is InChI=1S/C11H14N2O4/c12-9-3-10(13(14)15)5-11(4-9)17-7-8-1-2-16-6-8/h3-5,8H,1-2,6-7,12H2. The first-order chi connectivity index (χ1) is 8.15. The molecule has 0 saturated carbocycles. The number of nitro groups is 1. The first kappa shape index (κ1) is 11.7. The summed E-state index contributed by atoms with van der Waals surface area (Å²) in [6.07, 6.45) is 0.963. The lowest BCUT2D eigenvalue weighted by molar-refractivity contribution is -0.384. The molecule has 1 aromatic rings. The molecule has 1 aliphatic heterocycles. The Labute approximate surface area is 98.5 Å². The first-order valence-electron chi connectivity index (χ1n) is 5.40. The number of benzene rings is 1. The van der Waals surface area contributed by atoms with Crippen LogP contribution in [0.2, 0.25) is 0 Å². The van der Waals surface area contributed by atoms with E-state index in [0.29, 0.717) is 30.6 Å². The van der Waals surface area contributed by atoms with Crippen LogP contribution in [0.25, 0.3) is 0 Å². The fourth-order valence-corrected chi connectivity index (χ4v) is 1.72. The summed E-state index contributed by atoms with van der Waals surface area (Å²) in [7, 11) is 0. The fraction of sp³-hybridized carbons (Fsp3) is 0.455. The zero-order chi connectivity index (χ0) is 12.3. The first-order valence-corrected chi connectivity index (χ1v) is 5.40. The van der Waals surface area contributed by atoms with E-state index in [1.54, 1.807) is 6.07 Å². The van der Waals surface area contributed by atoms with Crippen molar-refractivity contribution in [3.63, 3.8) is 0 Å². The lowest BCUT2D eigenvalue weighted by atomic mass is 10.1. The Bertz CT molecular complexity index is 416. The SMILES string of the molecule is Nc1cc(OCC2CCOC2)cc([N+](=O)[O-])c1. The lowest BCUT2D eigenvalue weighted by Crippen LogP contribution is -2.11. The van der Waals surface area contributed by atoms with Gasteiger partial charge in [0.2, 0.25) is 0 Å². The van der Waals surface area contributed by atoms with E-state index in [-0.39, 0.29) is 5.69 Å². The summed E-state index contributed by atoms with van der Waals surface area (Å²) in [4.78, 5) is 10.2. The molecule has 1 aliphatic rings. The normalized spacial score (nSPS) is 19.2. The van der Waals surface area contributed by atoms with Gasteiger partial charge in [-0.1, -0.05) is 0 Å². The molecule has 0 radical (unpaired) electrons. The molecule has 0 spiro atoms. The molecule has 1 aromatic carbocycles. The van der Waals surface area contributed by atoms with Gasteiger partial charge in [-0.3, -0.25) is 10.1 Å². The molecule has 1 heterocycles. The number of nitrogens with two attached hydrogens (primary N) is 1. The minimum absolute atomic E-state index is 0.0531. The van der Waals surface area contributed by atoms with Crippen LogP contribution >= 0.6 is 0 Å². The van der Waals surface area contributed by atoms with E-state index in [1.807, 2.05) is 0 Å². The molecule has 0 aliphatic carbocycles. The minimum atomic E-state index is -0.484. The van der Waals surface area contributed by atoms with Crippen LogP contribution in [-0.2, 0) is 4.74 Å². The number of hydrogen-bond donors (Lipinski definition) is 1. The summed E-state index contributed by atoms with van der Waals surface area (Å²) in [5.41, 5.74) is 5.85. The van der Waals surface area contributed by atoms with Crippen LogP contribution < -0.4 is 10.5 Å². The number of anilines is 1. The molecule has 1 atom stereocenters. The van der Waals surface area contributed by atoms with Gasteiger partial charge in [-0.05, 0) is 6.42 Å². The topological polar surface area (TPSA) is 87.6 Å². The second-order valence-electron chi connectivity index (χ2n) is 4.06. The van der Waals surface area contributed by atoms with Crippen molar-refractivity contribution in [2.45, 2.75) is 6.42 Å². The molecule has 6 nitrogen and oxygen atoms in total. The third-order valence-corrected chi connectivity index (χ3v) is 2.63. The molecule has 1 saturated heterocycles. The van der Waals surface area contributed by atoms with Crippen molar-refractivity contribution in [2.24, 2.45) is 5.92 Å². The maximum Gasteiger partial charge on any atom is 0.275 e. The van der Waals surface area contributed by atoms with E-state index in [1.165, 1.54) is 12.1 Å². The van der Waals surface area contributed by atoms with Crippen LogP contribution in [-0.4, -0.2) is 24.7 Å². The summed E-state index contributed by atoms with van der Waals surface area (Å²) < 4.78 is 10.7. The lowest BCUT2D eigenvalue weighted by Gasteiger charge is -2.10. The molecular formula is C11H14N2O4. The Morgan fingerprint density at radius 2 is 2.35 bits per heavy atom. The van der Waals surface area contributed by atoms with Gasteiger partial charge in [0.15, 0.2) is 0 Å². The van der Waals surface area contributed by atoms with Gasteiger partial charge in [0.1, 0.15) is 5.75 Å². The maximum atomic E-state index is 10.6. The minimum Gasteiger partial charge on any atom is -0.493 e. The highest BCUT2D eigenvalue weighted by Gasteiger charge is 2.17. The van der Waals surface area contributed by atoms with Crippen LogP contribution in [0.15, 0.2) is 18.2 Å². The van der Waals surface area contributed by atoms with Crippen molar-refractivity contribution < 1.29 is 14.4 Å². The van der Waals surface area contributed by atoms with E-state index < -0.39 is 4.92 Å². The van der Waals surface area contributed by atoms with Gasteiger partial charge in [-0.2, -0.15) is 0 Å². The number of nitro benzene ring substituents is 1. The van der Waals surface area contributed by atoms with Gasteiger partial charge in [0.25, 0.3) is 5.69 Å². The number of hydrogen-bond acceptors (Lipinski definition) is 5. The van der Waals surface area contributed by atoms with E-state index >= 15 is 0 Å².